The average Bonchev–Trinajstić information content (AvgIpc) is 2.82. The Morgan fingerprint density at radius 2 is 1.71 bits per heavy atom. The first kappa shape index (κ1) is 23.4. The summed E-state index contributed by atoms with van der Waals surface area (Å²) < 4.78 is 51.3. The first-order valence-corrected chi connectivity index (χ1v) is 10.6. The summed E-state index contributed by atoms with van der Waals surface area (Å²) >= 11 is 5.71. The van der Waals surface area contributed by atoms with Gasteiger partial charge in [0, 0.05) is 16.1 Å². The van der Waals surface area contributed by atoms with E-state index in [0.717, 1.165) is 22.9 Å². The SMILES string of the molecule is COc1ccc(C(=O)Nc2ccc(Cl)cc2C(F)(F)F)cc1COc1ccc2ccccc2c1. The Balaban J connectivity index is 1.55. The molecule has 4 aromatic rings. The quantitative estimate of drug-likeness (QED) is 0.310. The van der Waals surface area contributed by atoms with Crippen molar-refractivity contribution in [1.29, 1.82) is 0 Å². The van der Waals surface area contributed by atoms with E-state index in [1.807, 2.05) is 42.5 Å². The molecule has 0 aliphatic carbocycles. The van der Waals surface area contributed by atoms with Crippen molar-refractivity contribution in [1.82, 2.24) is 0 Å². The highest BCUT2D eigenvalue weighted by Crippen LogP contribution is 2.37. The van der Waals surface area contributed by atoms with Gasteiger partial charge in [0.05, 0.1) is 18.4 Å². The first-order valence-electron chi connectivity index (χ1n) is 10.2. The number of methoxy groups -OCH3 is 1. The third kappa shape index (κ3) is 5.26. The zero-order valence-electron chi connectivity index (χ0n) is 17.9. The molecule has 34 heavy (non-hydrogen) atoms. The van der Waals surface area contributed by atoms with Crippen LogP contribution in [0.2, 0.25) is 5.02 Å². The number of anilines is 1. The van der Waals surface area contributed by atoms with Gasteiger partial charge >= 0.3 is 6.18 Å². The van der Waals surface area contributed by atoms with Gasteiger partial charge < -0.3 is 14.8 Å². The highest BCUT2D eigenvalue weighted by Gasteiger charge is 2.34. The van der Waals surface area contributed by atoms with Gasteiger partial charge in [0.25, 0.3) is 5.91 Å². The van der Waals surface area contributed by atoms with Gasteiger partial charge in [0.2, 0.25) is 0 Å². The molecule has 0 aromatic heterocycles. The van der Waals surface area contributed by atoms with Gasteiger partial charge in [-0.2, -0.15) is 13.2 Å². The summed E-state index contributed by atoms with van der Waals surface area (Å²) in [6.45, 7) is 0.0946. The molecule has 0 atom stereocenters. The first-order chi connectivity index (χ1) is 16.2. The normalized spacial score (nSPS) is 11.3. The van der Waals surface area contributed by atoms with Crippen molar-refractivity contribution >= 4 is 34.0 Å². The van der Waals surface area contributed by atoms with Crippen LogP contribution in [0.5, 0.6) is 11.5 Å². The summed E-state index contributed by atoms with van der Waals surface area (Å²) in [5, 5.41) is 4.33. The summed E-state index contributed by atoms with van der Waals surface area (Å²) in [5.41, 5.74) is -0.690. The largest absolute Gasteiger partial charge is 0.496 e. The molecule has 0 fully saturated rings. The van der Waals surface area contributed by atoms with Crippen LogP contribution in [0.15, 0.2) is 78.9 Å². The second kappa shape index (κ2) is 9.65. The number of halogens is 4. The van der Waals surface area contributed by atoms with Crippen molar-refractivity contribution in [2.24, 2.45) is 0 Å². The second-order valence-corrected chi connectivity index (χ2v) is 7.90. The van der Waals surface area contributed by atoms with Crippen LogP contribution in [0, 0.1) is 0 Å². The molecular weight excluding hydrogens is 467 g/mol. The molecule has 4 rings (SSSR count). The molecule has 0 aliphatic heterocycles. The van der Waals surface area contributed by atoms with Crippen molar-refractivity contribution in [3.05, 3.63) is 101 Å². The fraction of sp³-hybridized carbons (Fsp3) is 0.115. The van der Waals surface area contributed by atoms with E-state index >= 15 is 0 Å². The minimum absolute atomic E-state index is 0.0807. The van der Waals surface area contributed by atoms with Gasteiger partial charge in [-0.05, 0) is 59.3 Å². The molecular formula is C26H19ClF3NO3. The van der Waals surface area contributed by atoms with Crippen molar-refractivity contribution in [3.8, 4) is 11.5 Å². The van der Waals surface area contributed by atoms with E-state index in [0.29, 0.717) is 17.1 Å². The lowest BCUT2D eigenvalue weighted by atomic mass is 10.1. The zero-order valence-corrected chi connectivity index (χ0v) is 18.7. The zero-order chi connectivity index (χ0) is 24.3. The number of alkyl halides is 3. The molecule has 0 saturated carbocycles. The fourth-order valence-corrected chi connectivity index (χ4v) is 3.68. The molecule has 174 valence electrons. The van der Waals surface area contributed by atoms with Crippen LogP contribution >= 0.6 is 11.6 Å². The summed E-state index contributed by atoms with van der Waals surface area (Å²) in [6, 6.07) is 21.3. The van der Waals surface area contributed by atoms with E-state index in [4.69, 9.17) is 21.1 Å². The number of rotatable bonds is 6. The van der Waals surface area contributed by atoms with Gasteiger partial charge in [0.15, 0.2) is 0 Å². The monoisotopic (exact) mass is 485 g/mol. The van der Waals surface area contributed by atoms with Crippen molar-refractivity contribution < 1.29 is 27.4 Å². The van der Waals surface area contributed by atoms with Gasteiger partial charge in [-0.1, -0.05) is 41.9 Å². The minimum Gasteiger partial charge on any atom is -0.496 e. The Bertz CT molecular complexity index is 1350. The van der Waals surface area contributed by atoms with Crippen molar-refractivity contribution in [2.75, 3.05) is 12.4 Å². The number of nitrogens with one attached hydrogen (secondary N) is 1. The number of carbonyl (C=O) groups excluding carboxylic acids is 1. The predicted octanol–water partition coefficient (Wildman–Crippen LogP) is 7.35. The van der Waals surface area contributed by atoms with Crippen LogP contribution in [0.1, 0.15) is 21.5 Å². The van der Waals surface area contributed by atoms with E-state index in [1.54, 1.807) is 6.07 Å². The molecule has 0 spiro atoms. The molecule has 4 aromatic carbocycles. The maximum absolute atomic E-state index is 13.4. The molecule has 0 unspecified atom stereocenters. The third-order valence-corrected chi connectivity index (χ3v) is 5.43. The Hall–Kier alpha value is -3.71. The lowest BCUT2D eigenvalue weighted by molar-refractivity contribution is -0.136. The number of benzene rings is 4. The molecule has 0 bridgehead atoms. The lowest BCUT2D eigenvalue weighted by Gasteiger charge is -2.15. The highest BCUT2D eigenvalue weighted by molar-refractivity contribution is 6.30. The summed E-state index contributed by atoms with van der Waals surface area (Å²) in [6.07, 6.45) is -4.67. The van der Waals surface area contributed by atoms with E-state index in [1.165, 1.54) is 25.3 Å². The summed E-state index contributed by atoms with van der Waals surface area (Å²) in [5.74, 6) is 0.411. The second-order valence-electron chi connectivity index (χ2n) is 7.47. The Morgan fingerprint density at radius 1 is 0.941 bits per heavy atom. The Morgan fingerprint density at radius 3 is 2.44 bits per heavy atom. The number of hydrogen-bond acceptors (Lipinski definition) is 3. The Kier molecular flexibility index (Phi) is 6.65. The molecule has 1 N–H and O–H groups in total. The molecule has 8 heteroatoms. The highest BCUT2D eigenvalue weighted by atomic mass is 35.5. The van der Waals surface area contributed by atoms with E-state index in [2.05, 4.69) is 5.32 Å². The van der Waals surface area contributed by atoms with Crippen LogP contribution in [0.25, 0.3) is 10.8 Å². The molecule has 0 heterocycles. The maximum Gasteiger partial charge on any atom is 0.418 e. The fourth-order valence-electron chi connectivity index (χ4n) is 3.51. The molecule has 0 saturated heterocycles. The maximum atomic E-state index is 13.4. The molecule has 4 nitrogen and oxygen atoms in total. The van der Waals surface area contributed by atoms with Gasteiger partial charge in [-0.15, -0.1) is 0 Å². The lowest BCUT2D eigenvalue weighted by Crippen LogP contribution is -2.17. The average molecular weight is 486 g/mol. The molecule has 1 amide bonds. The summed E-state index contributed by atoms with van der Waals surface area (Å²) in [7, 11) is 1.48. The van der Waals surface area contributed by atoms with Crippen LogP contribution in [0.4, 0.5) is 18.9 Å². The van der Waals surface area contributed by atoms with Gasteiger partial charge in [0.1, 0.15) is 18.1 Å². The minimum atomic E-state index is -4.67. The number of carbonyl (C=O) groups is 1. The van der Waals surface area contributed by atoms with E-state index in [9.17, 15) is 18.0 Å². The Labute approximate surface area is 198 Å². The number of amides is 1. The van der Waals surface area contributed by atoms with Crippen LogP contribution < -0.4 is 14.8 Å². The molecule has 0 radical (unpaired) electrons. The van der Waals surface area contributed by atoms with Gasteiger partial charge in [-0.25, -0.2) is 0 Å². The van der Waals surface area contributed by atoms with E-state index < -0.39 is 17.6 Å². The topological polar surface area (TPSA) is 47.6 Å². The summed E-state index contributed by atoms with van der Waals surface area (Å²) in [4.78, 5) is 12.8. The van der Waals surface area contributed by atoms with Crippen LogP contribution in [0.3, 0.4) is 0 Å². The third-order valence-electron chi connectivity index (χ3n) is 5.19. The number of hydrogen-bond donors (Lipinski definition) is 1. The predicted molar refractivity (Wildman–Crippen MR) is 126 cm³/mol. The number of ether oxygens (including phenoxy) is 2. The van der Waals surface area contributed by atoms with Crippen LogP contribution in [-0.2, 0) is 12.8 Å². The van der Waals surface area contributed by atoms with Crippen molar-refractivity contribution in [3.63, 3.8) is 0 Å². The number of fused-ring (bicyclic) bond motifs is 1. The van der Waals surface area contributed by atoms with Gasteiger partial charge in [-0.3, -0.25) is 4.79 Å². The van der Waals surface area contributed by atoms with Crippen molar-refractivity contribution in [2.45, 2.75) is 12.8 Å². The molecule has 0 aliphatic rings. The van der Waals surface area contributed by atoms with E-state index in [-0.39, 0.29) is 22.9 Å². The standard InChI is InChI=1S/C26H19ClF3NO3/c1-33-24-11-7-18(25(32)31-23-10-8-20(27)14-22(23)26(28,29)30)12-19(24)15-34-21-9-6-16-4-2-3-5-17(16)13-21/h2-14H,15H2,1H3,(H,31,32). The van der Waals surface area contributed by atoms with Crippen LogP contribution in [-0.4, -0.2) is 13.0 Å². The smallest absolute Gasteiger partial charge is 0.418 e.